The predicted octanol–water partition coefficient (Wildman–Crippen LogP) is 3.19. The summed E-state index contributed by atoms with van der Waals surface area (Å²) in [5.41, 5.74) is 0.851. The van der Waals surface area contributed by atoms with Gasteiger partial charge >= 0.3 is 0 Å². The van der Waals surface area contributed by atoms with Crippen molar-refractivity contribution in [1.29, 1.82) is 0 Å². The van der Waals surface area contributed by atoms with Gasteiger partial charge in [-0.3, -0.25) is 0 Å². The third-order valence-corrected chi connectivity index (χ3v) is 6.50. The zero-order valence-electron chi connectivity index (χ0n) is 15.1. The predicted molar refractivity (Wildman–Crippen MR) is 101 cm³/mol. The maximum atomic E-state index is 12.6. The quantitative estimate of drug-likeness (QED) is 0.712. The van der Waals surface area contributed by atoms with Crippen molar-refractivity contribution < 1.29 is 13.5 Å². The lowest BCUT2D eigenvalue weighted by Crippen LogP contribution is -2.40. The molecular weight excluding hydrogens is 358 g/mol. The number of aliphatic hydroxyl groups excluding tert-OH is 1. The molecule has 1 unspecified atom stereocenters. The van der Waals surface area contributed by atoms with E-state index in [1.807, 2.05) is 26.8 Å². The van der Waals surface area contributed by atoms with Gasteiger partial charge in [0.25, 0.3) is 0 Å². The Kier molecular flexibility index (Phi) is 5.88. The lowest BCUT2D eigenvalue weighted by molar-refractivity contribution is 0.203. The van der Waals surface area contributed by atoms with Crippen LogP contribution in [0.3, 0.4) is 0 Å². The first-order valence-electron chi connectivity index (χ1n) is 8.00. The molecule has 1 heterocycles. The van der Waals surface area contributed by atoms with E-state index in [1.165, 1.54) is 11.3 Å². The van der Waals surface area contributed by atoms with Crippen LogP contribution in [-0.4, -0.2) is 24.0 Å². The van der Waals surface area contributed by atoms with E-state index in [0.717, 1.165) is 15.6 Å². The van der Waals surface area contributed by atoms with Crippen molar-refractivity contribution in [3.05, 3.63) is 39.8 Å². The molecule has 2 aromatic rings. The number of benzene rings is 1. The standard InChI is InChI=1S/C17H25N3O3S2/c1-11-13(18-10-16-19-9-14(24-16)12(2)21)7-6-8-15(11)25(22,23)20-17(3,4)5/h6-9,12,18,20-21H,10H2,1-5H3. The van der Waals surface area contributed by atoms with Gasteiger partial charge in [0.15, 0.2) is 0 Å². The molecule has 0 saturated heterocycles. The number of sulfonamides is 1. The maximum absolute atomic E-state index is 12.6. The van der Waals surface area contributed by atoms with Crippen molar-refractivity contribution in [2.45, 2.75) is 57.7 Å². The van der Waals surface area contributed by atoms with E-state index in [9.17, 15) is 13.5 Å². The molecule has 138 valence electrons. The number of aromatic nitrogens is 1. The number of anilines is 1. The molecule has 0 saturated carbocycles. The molecule has 0 aliphatic rings. The monoisotopic (exact) mass is 383 g/mol. The molecule has 1 atom stereocenters. The second kappa shape index (κ2) is 7.41. The van der Waals surface area contributed by atoms with Crippen LogP contribution in [0.5, 0.6) is 0 Å². The van der Waals surface area contributed by atoms with Crippen LogP contribution in [0.15, 0.2) is 29.3 Å². The molecule has 0 bridgehead atoms. The normalized spacial score (nSPS) is 13.7. The molecule has 0 spiro atoms. The minimum Gasteiger partial charge on any atom is -0.388 e. The van der Waals surface area contributed by atoms with Crippen LogP contribution in [-0.2, 0) is 16.6 Å². The molecule has 1 aromatic heterocycles. The van der Waals surface area contributed by atoms with Crippen molar-refractivity contribution in [1.82, 2.24) is 9.71 Å². The molecular formula is C17H25N3O3S2. The lowest BCUT2D eigenvalue weighted by Gasteiger charge is -2.22. The fourth-order valence-corrected chi connectivity index (χ4v) is 4.81. The zero-order valence-corrected chi connectivity index (χ0v) is 16.8. The number of rotatable bonds is 6. The van der Waals surface area contributed by atoms with E-state index in [0.29, 0.717) is 12.1 Å². The molecule has 1 aromatic carbocycles. The highest BCUT2D eigenvalue weighted by molar-refractivity contribution is 7.89. The Morgan fingerprint density at radius 3 is 2.56 bits per heavy atom. The van der Waals surface area contributed by atoms with Crippen LogP contribution >= 0.6 is 11.3 Å². The number of aliphatic hydroxyl groups is 1. The van der Waals surface area contributed by atoms with Gasteiger partial charge in [0.2, 0.25) is 10.0 Å². The molecule has 0 aliphatic heterocycles. The van der Waals surface area contributed by atoms with Crippen LogP contribution < -0.4 is 10.0 Å². The summed E-state index contributed by atoms with van der Waals surface area (Å²) in [6.45, 7) is 9.38. The number of hydrogen-bond acceptors (Lipinski definition) is 6. The van der Waals surface area contributed by atoms with Gasteiger partial charge in [-0.15, -0.1) is 11.3 Å². The summed E-state index contributed by atoms with van der Waals surface area (Å²) in [6.07, 6.45) is 1.12. The zero-order chi connectivity index (χ0) is 18.8. The SMILES string of the molecule is Cc1c(NCc2ncc(C(C)O)s2)cccc1S(=O)(=O)NC(C)(C)C. The van der Waals surface area contributed by atoms with Crippen LogP contribution in [0.2, 0.25) is 0 Å². The second-order valence-corrected chi connectivity index (χ2v) is 9.77. The van der Waals surface area contributed by atoms with Crippen LogP contribution in [0.25, 0.3) is 0 Å². The number of nitrogens with one attached hydrogen (secondary N) is 2. The minimum atomic E-state index is -3.60. The largest absolute Gasteiger partial charge is 0.388 e. The van der Waals surface area contributed by atoms with Crippen LogP contribution in [0.1, 0.15) is 49.2 Å². The summed E-state index contributed by atoms with van der Waals surface area (Å²) in [6, 6.07) is 5.16. The van der Waals surface area contributed by atoms with Gasteiger partial charge in [0, 0.05) is 17.4 Å². The van der Waals surface area contributed by atoms with E-state index in [-0.39, 0.29) is 4.90 Å². The van der Waals surface area contributed by atoms with Gasteiger partial charge in [-0.05, 0) is 52.3 Å². The minimum absolute atomic E-state index is 0.260. The molecule has 25 heavy (non-hydrogen) atoms. The average Bonchev–Trinajstić information content (AvgIpc) is 2.92. The summed E-state index contributed by atoms with van der Waals surface area (Å²) >= 11 is 1.43. The van der Waals surface area contributed by atoms with Gasteiger partial charge < -0.3 is 10.4 Å². The Bertz CT molecular complexity index is 837. The third kappa shape index (κ3) is 5.24. The summed E-state index contributed by atoms with van der Waals surface area (Å²) in [5, 5.41) is 13.6. The maximum Gasteiger partial charge on any atom is 0.241 e. The summed E-state index contributed by atoms with van der Waals surface area (Å²) < 4.78 is 27.9. The van der Waals surface area contributed by atoms with E-state index in [4.69, 9.17) is 0 Å². The highest BCUT2D eigenvalue weighted by atomic mass is 32.2. The smallest absolute Gasteiger partial charge is 0.241 e. The average molecular weight is 384 g/mol. The molecule has 8 heteroatoms. The Morgan fingerprint density at radius 2 is 2.00 bits per heavy atom. The Morgan fingerprint density at radius 1 is 1.32 bits per heavy atom. The summed E-state index contributed by atoms with van der Waals surface area (Å²) in [5.74, 6) is 0. The van der Waals surface area contributed by atoms with Gasteiger partial charge in [0.05, 0.1) is 22.4 Å². The molecule has 0 amide bonds. The Balaban J connectivity index is 2.20. The fourth-order valence-electron chi connectivity index (χ4n) is 2.33. The molecule has 0 aliphatic carbocycles. The molecule has 2 rings (SSSR count). The van der Waals surface area contributed by atoms with Crippen molar-refractivity contribution in [3.8, 4) is 0 Å². The number of thiazole rings is 1. The third-order valence-electron chi connectivity index (χ3n) is 3.43. The lowest BCUT2D eigenvalue weighted by atomic mass is 10.1. The first-order chi connectivity index (χ1) is 11.5. The second-order valence-electron chi connectivity index (χ2n) is 6.97. The molecule has 6 nitrogen and oxygen atoms in total. The summed E-state index contributed by atoms with van der Waals surface area (Å²) in [7, 11) is -3.60. The number of nitrogens with zero attached hydrogens (tertiary/aromatic N) is 1. The fraction of sp³-hybridized carbons (Fsp3) is 0.471. The molecule has 0 fully saturated rings. The van der Waals surface area contributed by atoms with Crippen LogP contribution in [0, 0.1) is 6.92 Å². The van der Waals surface area contributed by atoms with Gasteiger partial charge in [-0.1, -0.05) is 6.07 Å². The van der Waals surface area contributed by atoms with E-state index >= 15 is 0 Å². The Hall–Kier alpha value is -1.48. The van der Waals surface area contributed by atoms with E-state index < -0.39 is 21.7 Å². The Labute approximate surface area is 153 Å². The number of hydrogen-bond donors (Lipinski definition) is 3. The van der Waals surface area contributed by atoms with Gasteiger partial charge in [-0.25, -0.2) is 18.1 Å². The topological polar surface area (TPSA) is 91.3 Å². The first kappa shape index (κ1) is 19.8. The van der Waals surface area contributed by atoms with Crippen molar-refractivity contribution >= 4 is 27.0 Å². The van der Waals surface area contributed by atoms with Gasteiger partial charge in [0.1, 0.15) is 5.01 Å². The van der Waals surface area contributed by atoms with Crippen molar-refractivity contribution in [2.75, 3.05) is 5.32 Å². The molecule has 3 N–H and O–H groups in total. The van der Waals surface area contributed by atoms with E-state index in [1.54, 1.807) is 32.2 Å². The van der Waals surface area contributed by atoms with Gasteiger partial charge in [-0.2, -0.15) is 0 Å². The molecule has 0 radical (unpaired) electrons. The van der Waals surface area contributed by atoms with Crippen LogP contribution in [0.4, 0.5) is 5.69 Å². The highest BCUT2D eigenvalue weighted by Crippen LogP contribution is 2.26. The van der Waals surface area contributed by atoms with Crippen molar-refractivity contribution in [2.24, 2.45) is 0 Å². The highest BCUT2D eigenvalue weighted by Gasteiger charge is 2.24. The first-order valence-corrected chi connectivity index (χ1v) is 10.3. The summed E-state index contributed by atoms with van der Waals surface area (Å²) in [4.78, 5) is 5.33. The van der Waals surface area contributed by atoms with E-state index in [2.05, 4.69) is 15.0 Å². The van der Waals surface area contributed by atoms with Crippen molar-refractivity contribution in [3.63, 3.8) is 0 Å².